The summed E-state index contributed by atoms with van der Waals surface area (Å²) in [5.74, 6) is -0.0213. The van der Waals surface area contributed by atoms with E-state index >= 15 is 0 Å². The van der Waals surface area contributed by atoms with Crippen LogP contribution in [0.5, 0.6) is 5.75 Å². The van der Waals surface area contributed by atoms with Crippen LogP contribution in [0.15, 0.2) is 18.2 Å². The van der Waals surface area contributed by atoms with Crippen molar-refractivity contribution in [3.63, 3.8) is 0 Å². The van der Waals surface area contributed by atoms with Crippen LogP contribution < -0.4 is 10.1 Å². The highest BCUT2D eigenvalue weighted by atomic mass is 35.5. The first kappa shape index (κ1) is 19.1. The maximum Gasteiger partial charge on any atom is 0.407 e. The van der Waals surface area contributed by atoms with Crippen LogP contribution in [-0.2, 0) is 20.8 Å². The maximum absolute atomic E-state index is 11.7. The highest BCUT2D eigenvalue weighted by Crippen LogP contribution is 2.23. The lowest BCUT2D eigenvalue weighted by Gasteiger charge is -2.20. The fourth-order valence-electron chi connectivity index (χ4n) is 1.65. The van der Waals surface area contributed by atoms with E-state index in [2.05, 4.69) is 5.32 Å². The third kappa shape index (κ3) is 7.74. The summed E-state index contributed by atoms with van der Waals surface area (Å²) in [4.78, 5) is 23.1. The van der Waals surface area contributed by atoms with Gasteiger partial charge in [0.05, 0.1) is 6.61 Å². The van der Waals surface area contributed by atoms with Crippen LogP contribution in [0, 0.1) is 0 Å². The first-order chi connectivity index (χ1) is 10.7. The van der Waals surface area contributed by atoms with E-state index in [1.54, 1.807) is 45.9 Å². The Kier molecular flexibility index (Phi) is 7.16. The van der Waals surface area contributed by atoms with E-state index in [9.17, 15) is 9.59 Å². The van der Waals surface area contributed by atoms with Crippen molar-refractivity contribution in [1.29, 1.82) is 0 Å². The zero-order valence-corrected chi connectivity index (χ0v) is 14.5. The highest BCUT2D eigenvalue weighted by molar-refractivity contribution is 6.30. The second-order valence-electron chi connectivity index (χ2n) is 5.70. The van der Waals surface area contributed by atoms with Crippen molar-refractivity contribution in [2.45, 2.75) is 39.8 Å². The first-order valence-corrected chi connectivity index (χ1v) is 7.62. The van der Waals surface area contributed by atoms with Crippen molar-refractivity contribution in [2.75, 3.05) is 13.2 Å². The Balaban J connectivity index is 2.67. The monoisotopic (exact) mass is 343 g/mol. The van der Waals surface area contributed by atoms with Crippen LogP contribution in [0.1, 0.15) is 33.3 Å². The second-order valence-corrected chi connectivity index (χ2v) is 6.14. The number of alkyl carbamates (subject to hydrolysis) is 1. The van der Waals surface area contributed by atoms with Crippen molar-refractivity contribution in [3.05, 3.63) is 28.8 Å². The van der Waals surface area contributed by atoms with Gasteiger partial charge in [-0.3, -0.25) is 0 Å². The fraction of sp³-hybridized carbons (Fsp3) is 0.500. The minimum absolute atomic E-state index is 0.160. The number of rotatable bonds is 6. The molecule has 23 heavy (non-hydrogen) atoms. The summed E-state index contributed by atoms with van der Waals surface area (Å²) >= 11 is 5.96. The summed E-state index contributed by atoms with van der Waals surface area (Å²) in [6.45, 7) is 7.29. The number of amides is 1. The average Bonchev–Trinajstić information content (AvgIpc) is 2.42. The Morgan fingerprint density at radius 1 is 1.26 bits per heavy atom. The summed E-state index contributed by atoms with van der Waals surface area (Å²) in [5, 5.41) is 3.11. The zero-order valence-electron chi connectivity index (χ0n) is 13.8. The second kappa shape index (κ2) is 8.62. The topological polar surface area (TPSA) is 73.9 Å². The summed E-state index contributed by atoms with van der Waals surface area (Å²) in [7, 11) is 0. The summed E-state index contributed by atoms with van der Waals surface area (Å²) in [5.41, 5.74) is 0.0504. The van der Waals surface area contributed by atoms with E-state index in [0.717, 1.165) is 0 Å². The lowest BCUT2D eigenvalue weighted by molar-refractivity contribution is -0.145. The number of carbonyl (C=O) groups is 2. The molecular formula is C16H22ClNO5. The predicted octanol–water partition coefficient (Wildman–Crippen LogP) is 3.31. The molecule has 0 aliphatic rings. The van der Waals surface area contributed by atoms with Gasteiger partial charge in [0, 0.05) is 17.1 Å². The number of benzene rings is 1. The minimum Gasteiger partial charge on any atom is -0.482 e. The number of halogens is 1. The number of hydrogen-bond donors (Lipinski definition) is 1. The van der Waals surface area contributed by atoms with Crippen LogP contribution in [0.3, 0.4) is 0 Å². The molecule has 0 aliphatic heterocycles. The lowest BCUT2D eigenvalue weighted by atomic mass is 10.2. The lowest BCUT2D eigenvalue weighted by Crippen LogP contribution is -2.32. The molecule has 0 radical (unpaired) electrons. The molecule has 0 saturated carbocycles. The van der Waals surface area contributed by atoms with Crippen LogP contribution in [0.25, 0.3) is 0 Å². The van der Waals surface area contributed by atoms with Crippen molar-refractivity contribution >= 4 is 23.7 Å². The largest absolute Gasteiger partial charge is 0.482 e. The van der Waals surface area contributed by atoms with Crippen molar-refractivity contribution in [3.8, 4) is 5.75 Å². The summed E-state index contributed by atoms with van der Waals surface area (Å²) in [6, 6.07) is 4.92. The van der Waals surface area contributed by atoms with Gasteiger partial charge in [0.2, 0.25) is 0 Å². The molecule has 7 heteroatoms. The molecule has 0 aromatic heterocycles. The molecule has 1 amide bonds. The molecule has 0 aliphatic carbocycles. The third-order valence-electron chi connectivity index (χ3n) is 2.50. The van der Waals surface area contributed by atoms with Gasteiger partial charge in [-0.25, -0.2) is 9.59 Å². The van der Waals surface area contributed by atoms with E-state index in [4.69, 9.17) is 25.8 Å². The summed E-state index contributed by atoms with van der Waals surface area (Å²) in [6.07, 6.45) is -0.547. The molecular weight excluding hydrogens is 322 g/mol. The molecule has 0 unspecified atom stereocenters. The molecule has 0 fully saturated rings. The van der Waals surface area contributed by atoms with Crippen LogP contribution >= 0.6 is 11.6 Å². The molecule has 128 valence electrons. The Morgan fingerprint density at radius 3 is 2.57 bits per heavy atom. The normalized spacial score (nSPS) is 10.8. The Morgan fingerprint density at radius 2 is 1.96 bits per heavy atom. The van der Waals surface area contributed by atoms with Crippen molar-refractivity contribution < 1.29 is 23.8 Å². The van der Waals surface area contributed by atoms with Gasteiger partial charge in [-0.05, 0) is 45.9 Å². The SMILES string of the molecule is CCOC(=O)COc1ccc(Cl)cc1CNC(=O)OC(C)(C)C. The van der Waals surface area contributed by atoms with E-state index in [0.29, 0.717) is 16.3 Å². The van der Waals surface area contributed by atoms with Gasteiger partial charge in [-0.2, -0.15) is 0 Å². The van der Waals surface area contributed by atoms with Crippen molar-refractivity contribution in [1.82, 2.24) is 5.32 Å². The van der Waals surface area contributed by atoms with E-state index < -0.39 is 17.7 Å². The third-order valence-corrected chi connectivity index (χ3v) is 2.73. The molecule has 6 nitrogen and oxygen atoms in total. The van der Waals surface area contributed by atoms with Gasteiger partial charge in [0.15, 0.2) is 6.61 Å². The highest BCUT2D eigenvalue weighted by Gasteiger charge is 2.16. The molecule has 0 atom stereocenters. The van der Waals surface area contributed by atoms with E-state index in [1.165, 1.54) is 0 Å². The van der Waals surface area contributed by atoms with Gasteiger partial charge >= 0.3 is 12.1 Å². The minimum atomic E-state index is -0.582. The zero-order chi connectivity index (χ0) is 17.5. The van der Waals surface area contributed by atoms with Crippen LogP contribution in [0.4, 0.5) is 4.79 Å². The van der Waals surface area contributed by atoms with Gasteiger partial charge in [0.1, 0.15) is 11.4 Å². The Hall–Kier alpha value is -1.95. The van der Waals surface area contributed by atoms with Crippen LogP contribution in [0.2, 0.25) is 5.02 Å². The van der Waals surface area contributed by atoms with Gasteiger partial charge in [-0.15, -0.1) is 0 Å². The number of esters is 1. The molecule has 0 spiro atoms. The smallest absolute Gasteiger partial charge is 0.407 e. The van der Waals surface area contributed by atoms with Crippen LogP contribution in [-0.4, -0.2) is 30.9 Å². The van der Waals surface area contributed by atoms with Crippen molar-refractivity contribution in [2.24, 2.45) is 0 Å². The molecule has 0 bridgehead atoms. The Labute approximate surface area is 141 Å². The summed E-state index contributed by atoms with van der Waals surface area (Å²) < 4.78 is 15.4. The fourth-order valence-corrected chi connectivity index (χ4v) is 1.84. The van der Waals surface area contributed by atoms with Gasteiger partial charge < -0.3 is 19.5 Å². The van der Waals surface area contributed by atoms with Gasteiger partial charge in [-0.1, -0.05) is 11.6 Å². The standard InChI is InChI=1S/C16H22ClNO5/c1-5-21-14(19)10-22-13-7-6-12(17)8-11(13)9-18-15(20)23-16(2,3)4/h6-8H,5,9-10H2,1-4H3,(H,18,20). The molecule has 0 saturated heterocycles. The van der Waals surface area contributed by atoms with E-state index in [-0.39, 0.29) is 19.8 Å². The predicted molar refractivity (Wildman–Crippen MR) is 86.7 cm³/mol. The number of carbonyl (C=O) groups excluding carboxylic acids is 2. The number of nitrogens with one attached hydrogen (secondary N) is 1. The van der Waals surface area contributed by atoms with E-state index in [1.807, 2.05) is 0 Å². The molecule has 1 rings (SSSR count). The average molecular weight is 344 g/mol. The quantitative estimate of drug-likeness (QED) is 0.802. The molecule has 0 heterocycles. The molecule has 1 aromatic rings. The molecule has 1 aromatic carbocycles. The van der Waals surface area contributed by atoms with Gasteiger partial charge in [0.25, 0.3) is 0 Å². The first-order valence-electron chi connectivity index (χ1n) is 7.25. The molecule has 1 N–H and O–H groups in total. The Bertz CT molecular complexity index is 554. The number of ether oxygens (including phenoxy) is 3. The number of hydrogen-bond acceptors (Lipinski definition) is 5. The maximum atomic E-state index is 11.7.